The summed E-state index contributed by atoms with van der Waals surface area (Å²) in [6.07, 6.45) is 4.85. The Morgan fingerprint density at radius 1 is 1.37 bits per heavy atom. The Kier molecular flexibility index (Phi) is 3.53. The Hall–Kier alpha value is -2.74. The molecule has 2 aromatic heterocycles. The summed E-state index contributed by atoms with van der Waals surface area (Å²) in [5.74, 6) is 0. The molecule has 2 rings (SSSR count). The van der Waals surface area contributed by atoms with E-state index in [4.69, 9.17) is 5.26 Å². The third-order valence-electron chi connectivity index (χ3n) is 2.70. The van der Waals surface area contributed by atoms with Crippen LogP contribution in [0.15, 0.2) is 40.5 Å². The van der Waals surface area contributed by atoms with Crippen molar-refractivity contribution in [2.45, 2.75) is 13.8 Å². The van der Waals surface area contributed by atoms with Gasteiger partial charge in [0.25, 0.3) is 5.56 Å². The standard InChI is InChI=1S/C14H12N4O/c1-10-7-11(2)18(14(19)13(10)8-15)17-9-12-3-5-16-6-4-12/h3-7,9H,1-2H3/b17-9+. The lowest BCUT2D eigenvalue weighted by atomic mass is 10.1. The average Bonchev–Trinajstić information content (AvgIpc) is 2.39. The van der Waals surface area contributed by atoms with Crippen LogP contribution in [0.5, 0.6) is 0 Å². The van der Waals surface area contributed by atoms with Gasteiger partial charge >= 0.3 is 0 Å². The third-order valence-corrected chi connectivity index (χ3v) is 2.70. The molecule has 0 aliphatic rings. The van der Waals surface area contributed by atoms with Crippen molar-refractivity contribution in [1.82, 2.24) is 9.66 Å². The molecule has 0 aromatic carbocycles. The van der Waals surface area contributed by atoms with E-state index in [1.165, 1.54) is 4.68 Å². The van der Waals surface area contributed by atoms with E-state index < -0.39 is 5.56 Å². The lowest BCUT2D eigenvalue weighted by Gasteiger charge is -2.06. The zero-order valence-electron chi connectivity index (χ0n) is 10.7. The topological polar surface area (TPSA) is 71.0 Å². The van der Waals surface area contributed by atoms with Crippen LogP contribution in [0.4, 0.5) is 0 Å². The summed E-state index contributed by atoms with van der Waals surface area (Å²) in [6.45, 7) is 3.52. The SMILES string of the molecule is Cc1cc(C)n(/N=C/c2ccncc2)c(=O)c1C#N. The van der Waals surface area contributed by atoms with Crippen molar-refractivity contribution in [1.29, 1.82) is 5.26 Å². The van der Waals surface area contributed by atoms with Crippen molar-refractivity contribution in [3.8, 4) is 6.07 Å². The highest BCUT2D eigenvalue weighted by atomic mass is 16.1. The largest absolute Gasteiger partial charge is 0.289 e. The number of nitrogens with zero attached hydrogens (tertiary/aromatic N) is 4. The first kappa shape index (κ1) is 12.7. The van der Waals surface area contributed by atoms with Crippen LogP contribution < -0.4 is 5.56 Å². The third kappa shape index (κ3) is 2.58. The molecule has 0 amide bonds. The summed E-state index contributed by atoms with van der Waals surface area (Å²) in [4.78, 5) is 16.0. The molecule has 0 fully saturated rings. The summed E-state index contributed by atoms with van der Waals surface area (Å²) < 4.78 is 1.23. The molecule has 0 aliphatic carbocycles. The Balaban J connectivity index is 2.50. The van der Waals surface area contributed by atoms with E-state index >= 15 is 0 Å². The van der Waals surface area contributed by atoms with Gasteiger partial charge < -0.3 is 0 Å². The fourth-order valence-corrected chi connectivity index (χ4v) is 1.73. The fraction of sp³-hybridized carbons (Fsp3) is 0.143. The quantitative estimate of drug-likeness (QED) is 0.762. The molecule has 0 saturated carbocycles. The molecule has 0 unspecified atom stereocenters. The first-order chi connectivity index (χ1) is 9.13. The maximum Gasteiger partial charge on any atom is 0.289 e. The lowest BCUT2D eigenvalue weighted by Crippen LogP contribution is -2.22. The molecule has 2 heterocycles. The number of aryl methyl sites for hydroxylation is 2. The van der Waals surface area contributed by atoms with Crippen LogP contribution in [0, 0.1) is 25.2 Å². The van der Waals surface area contributed by atoms with Crippen molar-refractivity contribution in [3.05, 3.63) is 63.3 Å². The van der Waals surface area contributed by atoms with E-state index in [1.807, 2.05) is 6.07 Å². The lowest BCUT2D eigenvalue weighted by molar-refractivity contribution is 0.786. The number of hydrogen-bond acceptors (Lipinski definition) is 4. The molecular formula is C14H12N4O. The molecule has 19 heavy (non-hydrogen) atoms. The molecule has 0 bridgehead atoms. The number of rotatable bonds is 2. The van der Waals surface area contributed by atoms with Gasteiger partial charge in [0.2, 0.25) is 0 Å². The highest BCUT2D eigenvalue weighted by molar-refractivity contribution is 5.79. The fourth-order valence-electron chi connectivity index (χ4n) is 1.73. The van der Waals surface area contributed by atoms with Crippen molar-refractivity contribution >= 4 is 6.21 Å². The highest BCUT2D eigenvalue weighted by Gasteiger charge is 2.08. The van der Waals surface area contributed by atoms with Gasteiger partial charge in [0.15, 0.2) is 0 Å². The van der Waals surface area contributed by atoms with Gasteiger partial charge in [0.1, 0.15) is 11.6 Å². The minimum atomic E-state index is -0.398. The Morgan fingerprint density at radius 2 is 2.05 bits per heavy atom. The predicted molar refractivity (Wildman–Crippen MR) is 72.1 cm³/mol. The first-order valence-electron chi connectivity index (χ1n) is 5.71. The van der Waals surface area contributed by atoms with Crippen LogP contribution in [0.25, 0.3) is 0 Å². The maximum atomic E-state index is 12.1. The minimum Gasteiger partial charge on any atom is -0.266 e. The summed E-state index contributed by atoms with van der Waals surface area (Å²) >= 11 is 0. The molecular weight excluding hydrogens is 240 g/mol. The highest BCUT2D eigenvalue weighted by Crippen LogP contribution is 2.05. The van der Waals surface area contributed by atoms with Gasteiger partial charge in [-0.2, -0.15) is 10.4 Å². The van der Waals surface area contributed by atoms with E-state index in [1.54, 1.807) is 50.7 Å². The van der Waals surface area contributed by atoms with Crippen LogP contribution in [0.3, 0.4) is 0 Å². The zero-order valence-corrected chi connectivity index (χ0v) is 10.7. The number of hydrogen-bond donors (Lipinski definition) is 0. The van der Waals surface area contributed by atoms with E-state index in [2.05, 4.69) is 10.1 Å². The Labute approximate surface area is 110 Å². The molecule has 0 saturated heterocycles. The smallest absolute Gasteiger partial charge is 0.266 e. The van der Waals surface area contributed by atoms with Gasteiger partial charge in [-0.15, -0.1) is 0 Å². The predicted octanol–water partition coefficient (Wildman–Crippen LogP) is 1.61. The number of nitriles is 1. The second-order valence-corrected chi connectivity index (χ2v) is 4.10. The number of aromatic nitrogens is 2. The second-order valence-electron chi connectivity index (χ2n) is 4.10. The van der Waals surface area contributed by atoms with E-state index in [-0.39, 0.29) is 5.56 Å². The van der Waals surface area contributed by atoms with Crippen LogP contribution in [-0.4, -0.2) is 15.9 Å². The summed E-state index contributed by atoms with van der Waals surface area (Å²) in [5.41, 5.74) is 1.91. The molecule has 5 heteroatoms. The normalized spacial score (nSPS) is 10.6. The minimum absolute atomic E-state index is 0.123. The van der Waals surface area contributed by atoms with Crippen LogP contribution in [-0.2, 0) is 0 Å². The van der Waals surface area contributed by atoms with Crippen molar-refractivity contribution in [3.63, 3.8) is 0 Å². The monoisotopic (exact) mass is 252 g/mol. The van der Waals surface area contributed by atoms with Gasteiger partial charge in [-0.3, -0.25) is 9.78 Å². The van der Waals surface area contributed by atoms with Crippen LogP contribution in [0.1, 0.15) is 22.4 Å². The van der Waals surface area contributed by atoms with E-state index in [0.717, 1.165) is 5.56 Å². The van der Waals surface area contributed by atoms with Gasteiger partial charge in [-0.1, -0.05) is 0 Å². The molecule has 2 aromatic rings. The van der Waals surface area contributed by atoms with E-state index in [9.17, 15) is 4.79 Å². The van der Waals surface area contributed by atoms with Crippen molar-refractivity contribution in [2.24, 2.45) is 5.10 Å². The molecule has 0 N–H and O–H groups in total. The Bertz CT molecular complexity index is 724. The zero-order chi connectivity index (χ0) is 13.8. The summed E-state index contributed by atoms with van der Waals surface area (Å²) in [7, 11) is 0. The maximum absolute atomic E-state index is 12.1. The Morgan fingerprint density at radius 3 is 2.68 bits per heavy atom. The van der Waals surface area contributed by atoms with Crippen LogP contribution in [0.2, 0.25) is 0 Å². The van der Waals surface area contributed by atoms with Crippen molar-refractivity contribution < 1.29 is 0 Å². The average molecular weight is 252 g/mol. The summed E-state index contributed by atoms with van der Waals surface area (Å²) in [6, 6.07) is 7.24. The van der Waals surface area contributed by atoms with Crippen molar-refractivity contribution in [2.75, 3.05) is 0 Å². The van der Waals surface area contributed by atoms with Gasteiger partial charge in [0.05, 0.1) is 6.21 Å². The summed E-state index contributed by atoms with van der Waals surface area (Å²) in [5, 5.41) is 13.1. The molecule has 0 radical (unpaired) electrons. The molecule has 5 nitrogen and oxygen atoms in total. The number of pyridine rings is 2. The molecule has 0 atom stereocenters. The van der Waals surface area contributed by atoms with E-state index in [0.29, 0.717) is 11.3 Å². The van der Waals surface area contributed by atoms with Gasteiger partial charge in [-0.05, 0) is 43.2 Å². The molecule has 0 aliphatic heterocycles. The van der Waals surface area contributed by atoms with Gasteiger partial charge in [-0.25, -0.2) is 4.68 Å². The second kappa shape index (κ2) is 5.27. The first-order valence-corrected chi connectivity index (χ1v) is 5.71. The van der Waals surface area contributed by atoms with Gasteiger partial charge in [0, 0.05) is 18.1 Å². The molecule has 0 spiro atoms. The van der Waals surface area contributed by atoms with Crippen LogP contribution >= 0.6 is 0 Å². The molecule has 94 valence electrons.